The summed E-state index contributed by atoms with van der Waals surface area (Å²) < 4.78 is 18.2. The second-order valence-corrected chi connectivity index (χ2v) is 3.77. The predicted molar refractivity (Wildman–Crippen MR) is 60.8 cm³/mol. The second-order valence-electron chi connectivity index (χ2n) is 3.77. The van der Waals surface area contributed by atoms with Crippen molar-refractivity contribution in [1.82, 2.24) is 0 Å². The molecule has 0 aliphatic heterocycles. The third-order valence-corrected chi connectivity index (χ3v) is 2.55. The quantitative estimate of drug-likeness (QED) is 0.808. The van der Waals surface area contributed by atoms with E-state index in [1.165, 1.54) is 25.3 Å². The van der Waals surface area contributed by atoms with Gasteiger partial charge >= 0.3 is 0 Å². The van der Waals surface area contributed by atoms with Gasteiger partial charge in [-0.3, -0.25) is 0 Å². The van der Waals surface area contributed by atoms with Crippen molar-refractivity contribution in [1.29, 1.82) is 0 Å². The number of halogens is 1. The van der Waals surface area contributed by atoms with Crippen LogP contribution in [0.2, 0.25) is 0 Å². The van der Waals surface area contributed by atoms with Crippen molar-refractivity contribution in [2.45, 2.75) is 31.9 Å². The van der Waals surface area contributed by atoms with Crippen molar-refractivity contribution in [3.05, 3.63) is 29.6 Å². The van der Waals surface area contributed by atoms with Crippen molar-refractivity contribution in [2.75, 3.05) is 7.11 Å². The Morgan fingerprint density at radius 1 is 1.50 bits per heavy atom. The summed E-state index contributed by atoms with van der Waals surface area (Å²) in [6.07, 6.45) is 0.730. The van der Waals surface area contributed by atoms with E-state index in [4.69, 9.17) is 10.5 Å². The van der Waals surface area contributed by atoms with Crippen LogP contribution in [0.5, 0.6) is 5.75 Å². The molecule has 2 atom stereocenters. The molecule has 90 valence electrons. The molecule has 1 aromatic carbocycles. The molecule has 0 heterocycles. The summed E-state index contributed by atoms with van der Waals surface area (Å²) >= 11 is 0. The highest BCUT2D eigenvalue weighted by Crippen LogP contribution is 2.27. The smallest absolute Gasteiger partial charge is 0.123 e. The van der Waals surface area contributed by atoms with Crippen molar-refractivity contribution in [2.24, 2.45) is 5.73 Å². The maximum Gasteiger partial charge on any atom is 0.123 e. The van der Waals surface area contributed by atoms with Crippen LogP contribution in [0.3, 0.4) is 0 Å². The highest BCUT2D eigenvalue weighted by molar-refractivity contribution is 5.36. The van der Waals surface area contributed by atoms with Gasteiger partial charge < -0.3 is 15.6 Å². The average molecular weight is 227 g/mol. The van der Waals surface area contributed by atoms with Crippen molar-refractivity contribution in [3.8, 4) is 5.75 Å². The fourth-order valence-corrected chi connectivity index (χ4v) is 1.65. The van der Waals surface area contributed by atoms with Crippen LogP contribution in [0, 0.1) is 5.82 Å². The van der Waals surface area contributed by atoms with Crippen LogP contribution in [0.4, 0.5) is 4.39 Å². The molecule has 0 amide bonds. The van der Waals surface area contributed by atoms with Gasteiger partial charge in [-0.1, -0.05) is 13.3 Å². The van der Waals surface area contributed by atoms with E-state index < -0.39 is 12.1 Å². The zero-order valence-corrected chi connectivity index (χ0v) is 9.61. The summed E-state index contributed by atoms with van der Waals surface area (Å²) in [7, 11) is 1.50. The van der Waals surface area contributed by atoms with Gasteiger partial charge in [-0.25, -0.2) is 4.39 Å². The first-order valence-corrected chi connectivity index (χ1v) is 5.37. The number of rotatable bonds is 5. The monoisotopic (exact) mass is 227 g/mol. The molecular weight excluding hydrogens is 209 g/mol. The third-order valence-electron chi connectivity index (χ3n) is 2.55. The van der Waals surface area contributed by atoms with Gasteiger partial charge in [0, 0.05) is 5.56 Å². The van der Waals surface area contributed by atoms with Crippen LogP contribution in [0.25, 0.3) is 0 Å². The topological polar surface area (TPSA) is 55.5 Å². The van der Waals surface area contributed by atoms with Crippen LogP contribution < -0.4 is 10.5 Å². The molecule has 0 radical (unpaired) electrons. The SMILES string of the molecule is CCC[C@H](O)[C@H](N)c1cc(F)ccc1OC. The molecule has 0 aromatic heterocycles. The van der Waals surface area contributed by atoms with E-state index in [0.29, 0.717) is 17.7 Å². The van der Waals surface area contributed by atoms with Gasteiger partial charge in [0.1, 0.15) is 11.6 Å². The number of aliphatic hydroxyl groups is 1. The Bertz CT molecular complexity index is 344. The average Bonchev–Trinajstić information content (AvgIpc) is 2.28. The fraction of sp³-hybridized carbons (Fsp3) is 0.500. The van der Waals surface area contributed by atoms with E-state index in [9.17, 15) is 9.50 Å². The zero-order valence-electron chi connectivity index (χ0n) is 9.61. The van der Waals surface area contributed by atoms with Gasteiger partial charge in [-0.05, 0) is 24.6 Å². The molecule has 3 nitrogen and oxygen atoms in total. The molecule has 16 heavy (non-hydrogen) atoms. The van der Waals surface area contributed by atoms with Gasteiger partial charge in [-0.15, -0.1) is 0 Å². The minimum atomic E-state index is -0.680. The maximum atomic E-state index is 13.1. The summed E-state index contributed by atoms with van der Waals surface area (Å²) in [6.45, 7) is 1.96. The zero-order chi connectivity index (χ0) is 12.1. The molecular formula is C12H18FNO2. The number of ether oxygens (including phenoxy) is 1. The summed E-state index contributed by atoms with van der Waals surface area (Å²) in [5, 5.41) is 9.78. The van der Waals surface area contributed by atoms with Crippen molar-refractivity contribution in [3.63, 3.8) is 0 Å². The molecule has 4 heteroatoms. The number of methoxy groups -OCH3 is 1. The third kappa shape index (κ3) is 2.93. The minimum Gasteiger partial charge on any atom is -0.496 e. The van der Waals surface area contributed by atoms with Gasteiger partial charge in [0.2, 0.25) is 0 Å². The van der Waals surface area contributed by atoms with Crippen LogP contribution in [-0.4, -0.2) is 18.3 Å². The molecule has 0 aliphatic rings. The highest BCUT2D eigenvalue weighted by atomic mass is 19.1. The molecule has 0 saturated heterocycles. The Morgan fingerprint density at radius 3 is 2.75 bits per heavy atom. The van der Waals surface area contributed by atoms with E-state index in [0.717, 1.165) is 6.42 Å². The van der Waals surface area contributed by atoms with Crippen LogP contribution in [-0.2, 0) is 0 Å². The Balaban J connectivity index is 2.96. The summed E-state index contributed by atoms with van der Waals surface area (Å²) in [5.41, 5.74) is 6.38. The molecule has 1 rings (SSSR count). The van der Waals surface area contributed by atoms with Gasteiger partial charge in [0.25, 0.3) is 0 Å². The lowest BCUT2D eigenvalue weighted by Crippen LogP contribution is -2.26. The lowest BCUT2D eigenvalue weighted by Gasteiger charge is -2.20. The Morgan fingerprint density at radius 2 is 2.19 bits per heavy atom. The van der Waals surface area contributed by atoms with E-state index in [1.54, 1.807) is 0 Å². The van der Waals surface area contributed by atoms with Crippen LogP contribution >= 0.6 is 0 Å². The van der Waals surface area contributed by atoms with Crippen LogP contribution in [0.1, 0.15) is 31.4 Å². The molecule has 0 saturated carbocycles. The van der Waals surface area contributed by atoms with E-state index in [-0.39, 0.29) is 5.82 Å². The number of nitrogens with two attached hydrogens (primary N) is 1. The largest absolute Gasteiger partial charge is 0.496 e. The Labute approximate surface area is 95.0 Å². The highest BCUT2D eigenvalue weighted by Gasteiger charge is 2.20. The minimum absolute atomic E-state index is 0.380. The van der Waals surface area contributed by atoms with Gasteiger partial charge in [0.15, 0.2) is 0 Å². The van der Waals surface area contributed by atoms with Gasteiger partial charge in [0.05, 0.1) is 19.3 Å². The first-order chi connectivity index (χ1) is 7.60. The van der Waals surface area contributed by atoms with Gasteiger partial charge in [-0.2, -0.15) is 0 Å². The molecule has 3 N–H and O–H groups in total. The summed E-state index contributed by atoms with van der Waals surface area (Å²) in [6, 6.07) is 3.51. The summed E-state index contributed by atoms with van der Waals surface area (Å²) in [4.78, 5) is 0. The standard InChI is InChI=1S/C12H18FNO2/c1-3-4-10(15)12(14)9-7-8(13)5-6-11(9)16-2/h5-7,10,12,15H,3-4,14H2,1-2H3/t10-,12+/m0/s1. The predicted octanol–water partition coefficient (Wildman–Crippen LogP) is 2.00. The first kappa shape index (κ1) is 12.9. The molecule has 0 unspecified atom stereocenters. The van der Waals surface area contributed by atoms with Crippen molar-refractivity contribution >= 4 is 0 Å². The number of aliphatic hydroxyl groups excluding tert-OH is 1. The second kappa shape index (κ2) is 5.82. The fourth-order valence-electron chi connectivity index (χ4n) is 1.65. The molecule has 0 bridgehead atoms. The van der Waals surface area contributed by atoms with Crippen LogP contribution in [0.15, 0.2) is 18.2 Å². The first-order valence-electron chi connectivity index (χ1n) is 5.37. The number of benzene rings is 1. The van der Waals surface area contributed by atoms with Crippen molar-refractivity contribution < 1.29 is 14.2 Å². The maximum absolute atomic E-state index is 13.1. The normalized spacial score (nSPS) is 14.6. The molecule has 0 aliphatic carbocycles. The molecule has 1 aromatic rings. The van der Waals surface area contributed by atoms with E-state index in [2.05, 4.69) is 0 Å². The summed E-state index contributed by atoms with van der Waals surface area (Å²) in [5.74, 6) is 0.124. The molecule has 0 spiro atoms. The van der Waals surface area contributed by atoms with E-state index >= 15 is 0 Å². The van der Waals surface area contributed by atoms with E-state index in [1.807, 2.05) is 6.92 Å². The lowest BCUT2D eigenvalue weighted by molar-refractivity contribution is 0.133. The molecule has 0 fully saturated rings. The Hall–Kier alpha value is -1.13. The number of hydrogen-bond donors (Lipinski definition) is 2. The lowest BCUT2D eigenvalue weighted by atomic mass is 9.98. The number of hydrogen-bond acceptors (Lipinski definition) is 3. The Kier molecular flexibility index (Phi) is 4.71.